The van der Waals surface area contributed by atoms with Gasteiger partial charge in [-0.05, 0) is 50.1 Å². The number of aromatic nitrogens is 4. The minimum Gasteiger partial charge on any atom is -0.323 e. The molecular weight excluding hydrogens is 322 g/mol. The normalized spacial score (nSPS) is 27.8. The molecule has 1 aromatic rings. The van der Waals surface area contributed by atoms with Crippen molar-refractivity contribution < 1.29 is 9.59 Å². The Labute approximate surface area is 147 Å². The SMILES string of the molecule is CCCn1nnnc1CN1CCC[C@H]([C@@]2(C)NC(=O)N(CC)C2=O)C1. The van der Waals surface area contributed by atoms with Crippen molar-refractivity contribution in [3.05, 3.63) is 5.82 Å². The molecule has 0 aromatic carbocycles. The topological polar surface area (TPSA) is 96.2 Å². The van der Waals surface area contributed by atoms with E-state index in [1.54, 1.807) is 0 Å². The van der Waals surface area contributed by atoms with Crippen LogP contribution in [0.25, 0.3) is 0 Å². The Balaban J connectivity index is 1.70. The number of rotatable bonds is 6. The van der Waals surface area contributed by atoms with Crippen LogP contribution < -0.4 is 5.32 Å². The summed E-state index contributed by atoms with van der Waals surface area (Å²) in [7, 11) is 0. The molecule has 0 saturated carbocycles. The fourth-order valence-corrected chi connectivity index (χ4v) is 3.87. The van der Waals surface area contributed by atoms with Gasteiger partial charge in [-0.25, -0.2) is 9.48 Å². The molecule has 2 atom stereocenters. The van der Waals surface area contributed by atoms with E-state index >= 15 is 0 Å². The number of nitrogens with one attached hydrogen (secondary N) is 1. The van der Waals surface area contributed by atoms with Crippen LogP contribution in [-0.4, -0.2) is 67.1 Å². The van der Waals surface area contributed by atoms with Crippen molar-refractivity contribution in [2.75, 3.05) is 19.6 Å². The first kappa shape index (κ1) is 17.8. The van der Waals surface area contributed by atoms with Crippen LogP contribution >= 0.6 is 0 Å². The maximum Gasteiger partial charge on any atom is 0.325 e. The number of piperidine rings is 1. The van der Waals surface area contributed by atoms with Gasteiger partial charge in [0.25, 0.3) is 5.91 Å². The monoisotopic (exact) mass is 349 g/mol. The number of nitrogens with zero attached hydrogens (tertiary/aromatic N) is 6. The Kier molecular flexibility index (Phi) is 5.03. The van der Waals surface area contributed by atoms with Gasteiger partial charge in [0.15, 0.2) is 5.82 Å². The van der Waals surface area contributed by atoms with Gasteiger partial charge in [-0.2, -0.15) is 0 Å². The van der Waals surface area contributed by atoms with Crippen molar-refractivity contribution >= 4 is 11.9 Å². The van der Waals surface area contributed by atoms with Crippen LogP contribution in [0.5, 0.6) is 0 Å². The molecule has 9 nitrogen and oxygen atoms in total. The second kappa shape index (κ2) is 7.07. The Morgan fingerprint density at radius 3 is 2.80 bits per heavy atom. The van der Waals surface area contributed by atoms with Crippen molar-refractivity contribution in [1.82, 2.24) is 35.3 Å². The number of aryl methyl sites for hydroxylation is 1. The van der Waals surface area contributed by atoms with Crippen molar-refractivity contribution in [2.45, 2.75) is 58.7 Å². The van der Waals surface area contributed by atoms with Gasteiger partial charge in [-0.15, -0.1) is 5.10 Å². The van der Waals surface area contributed by atoms with E-state index in [0.717, 1.165) is 44.7 Å². The number of likely N-dealkylation sites (N-methyl/N-ethyl adjacent to an activating group) is 1. The summed E-state index contributed by atoms with van der Waals surface area (Å²) in [5, 5.41) is 14.9. The number of carbonyl (C=O) groups excluding carboxylic acids is 2. The summed E-state index contributed by atoms with van der Waals surface area (Å²) in [5.74, 6) is 0.831. The van der Waals surface area contributed by atoms with Crippen LogP contribution in [-0.2, 0) is 17.9 Å². The van der Waals surface area contributed by atoms with Crippen LogP contribution in [0.2, 0.25) is 0 Å². The predicted molar refractivity (Wildman–Crippen MR) is 90.4 cm³/mol. The van der Waals surface area contributed by atoms with Gasteiger partial charge in [0.2, 0.25) is 0 Å². The van der Waals surface area contributed by atoms with Gasteiger partial charge in [0.1, 0.15) is 5.54 Å². The number of hydrogen-bond donors (Lipinski definition) is 1. The molecule has 0 unspecified atom stereocenters. The van der Waals surface area contributed by atoms with Gasteiger partial charge in [-0.3, -0.25) is 14.6 Å². The Hall–Kier alpha value is -2.03. The zero-order chi connectivity index (χ0) is 18.0. The highest BCUT2D eigenvalue weighted by atomic mass is 16.2. The molecule has 3 rings (SSSR count). The highest BCUT2D eigenvalue weighted by molar-refractivity contribution is 6.07. The molecule has 0 spiro atoms. The molecule has 2 aliphatic heterocycles. The number of carbonyl (C=O) groups is 2. The maximum atomic E-state index is 12.7. The van der Waals surface area contributed by atoms with Crippen molar-refractivity contribution in [3.8, 4) is 0 Å². The molecule has 3 amide bonds. The maximum absolute atomic E-state index is 12.7. The van der Waals surface area contributed by atoms with E-state index in [2.05, 4.69) is 32.7 Å². The number of urea groups is 1. The second-order valence-electron chi connectivity index (χ2n) is 7.07. The van der Waals surface area contributed by atoms with Crippen LogP contribution in [0.4, 0.5) is 4.79 Å². The molecule has 9 heteroatoms. The van der Waals surface area contributed by atoms with Crippen LogP contribution in [0.3, 0.4) is 0 Å². The molecule has 0 radical (unpaired) electrons. The third-order valence-corrected chi connectivity index (χ3v) is 5.35. The molecule has 2 fully saturated rings. The molecule has 25 heavy (non-hydrogen) atoms. The lowest BCUT2D eigenvalue weighted by Crippen LogP contribution is -2.55. The molecular formula is C16H27N7O2. The summed E-state index contributed by atoms with van der Waals surface area (Å²) in [6, 6.07) is -0.279. The highest BCUT2D eigenvalue weighted by Crippen LogP contribution is 2.32. The molecule has 138 valence electrons. The molecule has 2 aliphatic rings. The lowest BCUT2D eigenvalue weighted by molar-refractivity contribution is -0.133. The van der Waals surface area contributed by atoms with Crippen molar-refractivity contribution in [1.29, 1.82) is 0 Å². The van der Waals surface area contributed by atoms with Crippen LogP contribution in [0, 0.1) is 5.92 Å². The average molecular weight is 349 g/mol. The molecule has 0 bridgehead atoms. The zero-order valence-electron chi connectivity index (χ0n) is 15.2. The quantitative estimate of drug-likeness (QED) is 0.757. The fraction of sp³-hybridized carbons (Fsp3) is 0.812. The Bertz CT molecular complexity index is 646. The minimum absolute atomic E-state index is 0.0877. The van der Waals surface area contributed by atoms with E-state index in [0.29, 0.717) is 13.1 Å². The van der Waals surface area contributed by atoms with Gasteiger partial charge >= 0.3 is 6.03 Å². The zero-order valence-corrected chi connectivity index (χ0v) is 15.2. The summed E-state index contributed by atoms with van der Waals surface area (Å²) >= 11 is 0. The van der Waals surface area contributed by atoms with E-state index in [4.69, 9.17) is 0 Å². The van der Waals surface area contributed by atoms with Crippen molar-refractivity contribution in [2.24, 2.45) is 5.92 Å². The number of hydrogen-bond acceptors (Lipinski definition) is 6. The molecule has 1 aromatic heterocycles. The molecule has 1 N–H and O–H groups in total. The summed E-state index contributed by atoms with van der Waals surface area (Å²) in [6.07, 6.45) is 2.90. The minimum atomic E-state index is -0.818. The summed E-state index contributed by atoms with van der Waals surface area (Å²) in [5.41, 5.74) is -0.818. The third-order valence-electron chi connectivity index (χ3n) is 5.35. The largest absolute Gasteiger partial charge is 0.325 e. The van der Waals surface area contributed by atoms with E-state index in [9.17, 15) is 9.59 Å². The van der Waals surface area contributed by atoms with E-state index in [1.165, 1.54) is 4.90 Å². The first-order chi connectivity index (χ1) is 12.0. The first-order valence-electron chi connectivity index (χ1n) is 9.11. The third kappa shape index (κ3) is 3.24. The molecule has 0 aliphatic carbocycles. The lowest BCUT2D eigenvalue weighted by atomic mass is 9.80. The van der Waals surface area contributed by atoms with E-state index in [1.807, 2.05) is 18.5 Å². The fourth-order valence-electron chi connectivity index (χ4n) is 3.87. The predicted octanol–water partition coefficient (Wildman–Crippen LogP) is 0.626. The van der Waals surface area contributed by atoms with E-state index in [-0.39, 0.29) is 17.9 Å². The smallest absolute Gasteiger partial charge is 0.323 e. The van der Waals surface area contributed by atoms with Gasteiger partial charge < -0.3 is 5.32 Å². The number of likely N-dealkylation sites (tertiary alicyclic amines) is 1. The Morgan fingerprint density at radius 2 is 2.12 bits per heavy atom. The second-order valence-corrected chi connectivity index (χ2v) is 7.07. The van der Waals surface area contributed by atoms with E-state index < -0.39 is 5.54 Å². The van der Waals surface area contributed by atoms with Gasteiger partial charge in [0, 0.05) is 25.6 Å². The number of imide groups is 1. The summed E-state index contributed by atoms with van der Waals surface area (Å²) < 4.78 is 1.84. The van der Waals surface area contributed by atoms with Crippen LogP contribution in [0.1, 0.15) is 45.9 Å². The standard InChI is InChI=1S/C16H27N7O2/c1-4-8-23-13(18-19-20-23)11-21-9-6-7-12(10-21)16(3)14(24)22(5-2)15(25)17-16/h12H,4-11H2,1-3H3,(H,17,25)/t12-,16+/m0/s1. The highest BCUT2D eigenvalue weighted by Gasteiger charge is 2.52. The average Bonchev–Trinajstić information content (AvgIpc) is 3.11. The summed E-state index contributed by atoms with van der Waals surface area (Å²) in [4.78, 5) is 28.4. The molecule has 3 heterocycles. The molecule has 2 saturated heterocycles. The number of tetrazole rings is 1. The van der Waals surface area contributed by atoms with Gasteiger partial charge in [0.05, 0.1) is 6.54 Å². The van der Waals surface area contributed by atoms with Crippen LogP contribution in [0.15, 0.2) is 0 Å². The lowest BCUT2D eigenvalue weighted by Gasteiger charge is -2.39. The number of amides is 3. The van der Waals surface area contributed by atoms with Gasteiger partial charge in [-0.1, -0.05) is 6.92 Å². The van der Waals surface area contributed by atoms with Crippen molar-refractivity contribution in [3.63, 3.8) is 0 Å². The Morgan fingerprint density at radius 1 is 1.32 bits per heavy atom. The summed E-state index contributed by atoms with van der Waals surface area (Å²) in [6.45, 7) is 9.35. The first-order valence-corrected chi connectivity index (χ1v) is 9.11.